The van der Waals surface area contributed by atoms with Gasteiger partial charge >= 0.3 is 6.18 Å². The third-order valence-electron chi connectivity index (χ3n) is 1.70. The van der Waals surface area contributed by atoms with E-state index >= 15 is 0 Å². The molecular weight excluding hydrogens is 293 g/mol. The second kappa shape index (κ2) is 4.65. The van der Waals surface area contributed by atoms with Gasteiger partial charge < -0.3 is 0 Å². The number of hydrogen-bond donors (Lipinski definition) is 0. The van der Waals surface area contributed by atoms with Gasteiger partial charge in [0.05, 0.1) is 11.3 Å². The normalized spacial score (nSPS) is 11.8. The van der Waals surface area contributed by atoms with Crippen LogP contribution < -0.4 is 0 Å². The highest BCUT2D eigenvalue weighted by Crippen LogP contribution is 2.30. The van der Waals surface area contributed by atoms with Crippen molar-refractivity contribution < 1.29 is 18.0 Å². The van der Waals surface area contributed by atoms with Crippen LogP contribution in [0.5, 0.6) is 0 Å². The first-order valence-corrected chi connectivity index (χ1v) is 5.76. The molecule has 0 aromatic carbocycles. The van der Waals surface area contributed by atoms with Gasteiger partial charge in [0.2, 0.25) is 0 Å². The Morgan fingerprint density at radius 2 is 2.13 bits per heavy atom. The summed E-state index contributed by atoms with van der Waals surface area (Å²) in [5.41, 5.74) is 0. The van der Waals surface area contributed by atoms with Gasteiger partial charge in [-0.15, -0.1) is 11.3 Å². The van der Waals surface area contributed by atoms with Crippen LogP contribution in [0, 0.1) is 6.92 Å². The fourth-order valence-electron chi connectivity index (χ4n) is 1.04. The van der Waals surface area contributed by atoms with Crippen molar-refractivity contribution in [1.82, 2.24) is 0 Å². The number of carbonyl (C=O) groups is 1. The maximum Gasteiger partial charge on any atom is 0.389 e. The van der Waals surface area contributed by atoms with E-state index in [0.29, 0.717) is 9.35 Å². The summed E-state index contributed by atoms with van der Waals surface area (Å²) in [4.78, 5) is 12.7. The number of hydrogen-bond acceptors (Lipinski definition) is 2. The van der Waals surface area contributed by atoms with Crippen LogP contribution >= 0.6 is 27.3 Å². The molecule has 1 heterocycles. The van der Waals surface area contributed by atoms with Crippen LogP contribution in [0.4, 0.5) is 13.2 Å². The van der Waals surface area contributed by atoms with E-state index in [0.717, 1.165) is 4.88 Å². The number of alkyl halides is 3. The van der Waals surface area contributed by atoms with Gasteiger partial charge in [0.15, 0.2) is 5.78 Å². The average molecular weight is 301 g/mol. The first-order chi connectivity index (χ1) is 6.79. The molecule has 0 aliphatic rings. The Kier molecular flexibility index (Phi) is 3.94. The fraction of sp³-hybridized carbons (Fsp3) is 0.444. The monoisotopic (exact) mass is 300 g/mol. The van der Waals surface area contributed by atoms with Crippen molar-refractivity contribution in [2.75, 3.05) is 0 Å². The number of halogens is 4. The van der Waals surface area contributed by atoms with E-state index in [1.54, 1.807) is 13.0 Å². The van der Waals surface area contributed by atoms with Crippen molar-refractivity contribution in [3.05, 3.63) is 20.3 Å². The zero-order valence-electron chi connectivity index (χ0n) is 7.82. The molecule has 0 fully saturated rings. The Balaban J connectivity index is 2.66. The predicted molar refractivity (Wildman–Crippen MR) is 56.4 cm³/mol. The molecule has 0 N–H and O–H groups in total. The maximum absolute atomic E-state index is 11.9. The summed E-state index contributed by atoms with van der Waals surface area (Å²) in [7, 11) is 0. The molecule has 0 saturated carbocycles. The van der Waals surface area contributed by atoms with Crippen LogP contribution in [0.15, 0.2) is 10.5 Å². The minimum atomic E-state index is -4.27. The van der Waals surface area contributed by atoms with Gasteiger partial charge in [-0.3, -0.25) is 4.79 Å². The SMILES string of the molecule is Cc1cc(Br)c(C(=O)CCC(F)(F)F)s1. The lowest BCUT2D eigenvalue weighted by atomic mass is 10.2. The lowest BCUT2D eigenvalue weighted by molar-refractivity contribution is -0.133. The van der Waals surface area contributed by atoms with Gasteiger partial charge in [-0.05, 0) is 28.9 Å². The molecule has 15 heavy (non-hydrogen) atoms. The van der Waals surface area contributed by atoms with Gasteiger partial charge in [-0.1, -0.05) is 0 Å². The molecule has 1 nitrogen and oxygen atoms in total. The molecule has 0 radical (unpaired) electrons. The third-order valence-corrected chi connectivity index (χ3v) is 3.68. The number of aryl methyl sites for hydroxylation is 1. The first-order valence-electron chi connectivity index (χ1n) is 4.15. The van der Waals surface area contributed by atoms with Crippen molar-refractivity contribution in [1.29, 1.82) is 0 Å². The molecule has 0 bridgehead atoms. The minimum absolute atomic E-state index is 0.372. The molecule has 1 aromatic heterocycles. The standard InChI is InChI=1S/C9H8BrF3OS/c1-5-4-6(10)8(15-5)7(14)2-3-9(11,12)13/h4H,2-3H2,1H3. The molecule has 84 valence electrons. The van der Waals surface area contributed by atoms with Crippen molar-refractivity contribution in [2.24, 2.45) is 0 Å². The van der Waals surface area contributed by atoms with E-state index in [-0.39, 0.29) is 0 Å². The van der Waals surface area contributed by atoms with Crippen molar-refractivity contribution >= 4 is 33.0 Å². The molecule has 0 unspecified atom stereocenters. The molecule has 0 spiro atoms. The Labute approximate surface area is 97.4 Å². The van der Waals surface area contributed by atoms with E-state index in [2.05, 4.69) is 15.9 Å². The fourth-order valence-corrected chi connectivity index (χ4v) is 2.87. The largest absolute Gasteiger partial charge is 0.389 e. The topological polar surface area (TPSA) is 17.1 Å². The second-order valence-corrected chi connectivity index (χ2v) is 5.18. The number of carbonyl (C=O) groups excluding carboxylic acids is 1. The Hall–Kier alpha value is -0.360. The van der Waals surface area contributed by atoms with Crippen LogP contribution in [-0.2, 0) is 0 Å². The summed E-state index contributed by atoms with van der Waals surface area (Å²) < 4.78 is 36.2. The summed E-state index contributed by atoms with van der Waals surface area (Å²) in [5, 5.41) is 0. The van der Waals surface area contributed by atoms with Gasteiger partial charge in [0, 0.05) is 15.8 Å². The summed E-state index contributed by atoms with van der Waals surface area (Å²) in [5.74, 6) is -0.461. The Bertz CT molecular complexity index is 370. The van der Waals surface area contributed by atoms with Gasteiger partial charge in [-0.25, -0.2) is 0 Å². The molecule has 0 aliphatic carbocycles. The predicted octanol–water partition coefficient (Wildman–Crippen LogP) is 4.34. The van der Waals surface area contributed by atoms with Crippen molar-refractivity contribution in [3.8, 4) is 0 Å². The summed E-state index contributed by atoms with van der Waals surface area (Å²) in [6.45, 7) is 1.80. The van der Waals surface area contributed by atoms with E-state index in [4.69, 9.17) is 0 Å². The highest BCUT2D eigenvalue weighted by molar-refractivity contribution is 9.10. The second-order valence-electron chi connectivity index (χ2n) is 3.07. The summed E-state index contributed by atoms with van der Waals surface area (Å²) in [6.07, 6.45) is -5.81. The molecule has 1 aromatic rings. The number of rotatable bonds is 3. The van der Waals surface area contributed by atoms with Crippen LogP contribution in [0.3, 0.4) is 0 Å². The van der Waals surface area contributed by atoms with Crippen LogP contribution in [0.25, 0.3) is 0 Å². The highest BCUT2D eigenvalue weighted by atomic mass is 79.9. The van der Waals surface area contributed by atoms with Crippen LogP contribution in [0.1, 0.15) is 27.4 Å². The van der Waals surface area contributed by atoms with Crippen molar-refractivity contribution in [3.63, 3.8) is 0 Å². The van der Waals surface area contributed by atoms with Crippen molar-refractivity contribution in [2.45, 2.75) is 25.9 Å². The average Bonchev–Trinajstić information content (AvgIpc) is 2.40. The molecule has 6 heteroatoms. The van der Waals surface area contributed by atoms with Crippen LogP contribution in [-0.4, -0.2) is 12.0 Å². The molecule has 1 rings (SSSR count). The van der Waals surface area contributed by atoms with E-state index in [1.165, 1.54) is 11.3 Å². The molecule has 0 amide bonds. The minimum Gasteiger partial charge on any atom is -0.293 e. The first kappa shape index (κ1) is 12.7. The molecule has 0 aliphatic heterocycles. The Morgan fingerprint density at radius 3 is 2.53 bits per heavy atom. The zero-order valence-corrected chi connectivity index (χ0v) is 10.2. The van der Waals surface area contributed by atoms with Crippen LogP contribution in [0.2, 0.25) is 0 Å². The van der Waals surface area contributed by atoms with E-state index in [1.807, 2.05) is 0 Å². The third kappa shape index (κ3) is 3.95. The molecule has 0 saturated heterocycles. The Morgan fingerprint density at radius 1 is 1.53 bits per heavy atom. The number of ketones is 1. The zero-order chi connectivity index (χ0) is 11.6. The summed E-state index contributed by atoms with van der Waals surface area (Å²) >= 11 is 4.36. The summed E-state index contributed by atoms with van der Waals surface area (Å²) in [6, 6.07) is 1.73. The molecular formula is C9H8BrF3OS. The number of Topliss-reactive ketones (excluding diaryl/α,β-unsaturated/α-hetero) is 1. The van der Waals surface area contributed by atoms with Gasteiger partial charge in [0.25, 0.3) is 0 Å². The highest BCUT2D eigenvalue weighted by Gasteiger charge is 2.28. The van der Waals surface area contributed by atoms with Gasteiger partial charge in [-0.2, -0.15) is 13.2 Å². The molecule has 0 atom stereocenters. The van der Waals surface area contributed by atoms with Gasteiger partial charge in [0.1, 0.15) is 0 Å². The smallest absolute Gasteiger partial charge is 0.293 e. The van der Waals surface area contributed by atoms with E-state index < -0.39 is 24.8 Å². The number of thiophene rings is 1. The van der Waals surface area contributed by atoms with E-state index in [9.17, 15) is 18.0 Å². The lowest BCUT2D eigenvalue weighted by Gasteiger charge is -2.04. The maximum atomic E-state index is 11.9. The quantitative estimate of drug-likeness (QED) is 0.759. The lowest BCUT2D eigenvalue weighted by Crippen LogP contribution is -2.10.